The minimum atomic E-state index is -4.62. The molecule has 0 saturated heterocycles. The Bertz CT molecular complexity index is 874. The van der Waals surface area contributed by atoms with E-state index in [4.69, 9.17) is 4.74 Å². The first-order valence-electron chi connectivity index (χ1n) is 7.86. The summed E-state index contributed by atoms with van der Waals surface area (Å²) >= 11 is 3.09. The lowest BCUT2D eigenvalue weighted by atomic mass is 10.1. The molecule has 2 aromatic carbocycles. The van der Waals surface area contributed by atoms with E-state index < -0.39 is 48.2 Å². The van der Waals surface area contributed by atoms with Crippen molar-refractivity contribution in [2.24, 2.45) is 0 Å². The maximum atomic E-state index is 13.0. The van der Waals surface area contributed by atoms with Crippen molar-refractivity contribution in [2.45, 2.75) is 6.18 Å². The van der Waals surface area contributed by atoms with E-state index in [9.17, 15) is 27.2 Å². The third-order valence-electron chi connectivity index (χ3n) is 3.56. The van der Waals surface area contributed by atoms with Gasteiger partial charge in [0.25, 0.3) is 5.91 Å². The summed E-state index contributed by atoms with van der Waals surface area (Å²) in [6, 6.07) is 8.17. The van der Waals surface area contributed by atoms with Crippen LogP contribution in [0.5, 0.6) is 5.75 Å². The highest BCUT2D eigenvalue weighted by molar-refractivity contribution is 9.10. The number of hydrogen-bond donors (Lipinski definition) is 1. The largest absolute Gasteiger partial charge is 0.483 e. The lowest BCUT2D eigenvalue weighted by Crippen LogP contribution is -2.37. The van der Waals surface area contributed by atoms with Gasteiger partial charge in [0.15, 0.2) is 6.61 Å². The Labute approximate surface area is 166 Å². The zero-order valence-electron chi connectivity index (χ0n) is 14.5. The number of halogens is 5. The summed E-state index contributed by atoms with van der Waals surface area (Å²) in [6.07, 6.45) is -4.62. The van der Waals surface area contributed by atoms with E-state index in [1.54, 1.807) is 0 Å². The number of carbonyl (C=O) groups excluding carboxylic acids is 2. The summed E-state index contributed by atoms with van der Waals surface area (Å²) in [5.41, 5.74) is -1.38. The van der Waals surface area contributed by atoms with Crippen molar-refractivity contribution in [3.63, 3.8) is 0 Å². The van der Waals surface area contributed by atoms with Gasteiger partial charge in [-0.25, -0.2) is 4.39 Å². The molecule has 0 aliphatic carbocycles. The lowest BCUT2D eigenvalue weighted by molar-refractivity contribution is -0.137. The quantitative estimate of drug-likeness (QED) is 0.658. The van der Waals surface area contributed by atoms with Crippen molar-refractivity contribution >= 4 is 33.4 Å². The van der Waals surface area contributed by atoms with Gasteiger partial charge in [-0.15, -0.1) is 0 Å². The van der Waals surface area contributed by atoms with Crippen LogP contribution in [0.25, 0.3) is 0 Å². The van der Waals surface area contributed by atoms with Crippen LogP contribution in [-0.4, -0.2) is 36.9 Å². The van der Waals surface area contributed by atoms with E-state index >= 15 is 0 Å². The molecule has 0 unspecified atom stereocenters. The minimum absolute atomic E-state index is 0.228. The highest BCUT2D eigenvalue weighted by Gasteiger charge is 2.33. The van der Waals surface area contributed by atoms with Gasteiger partial charge in [0, 0.05) is 7.05 Å². The summed E-state index contributed by atoms with van der Waals surface area (Å²) in [4.78, 5) is 25.1. The van der Waals surface area contributed by atoms with E-state index in [2.05, 4.69) is 21.2 Å². The molecule has 2 amide bonds. The predicted octanol–water partition coefficient (Wildman–Crippen LogP) is 4.08. The number of amides is 2. The summed E-state index contributed by atoms with van der Waals surface area (Å²) in [6.45, 7) is -0.911. The minimum Gasteiger partial charge on any atom is -0.483 e. The third-order valence-corrected chi connectivity index (χ3v) is 4.18. The van der Waals surface area contributed by atoms with E-state index in [0.717, 1.165) is 29.2 Å². The number of rotatable bonds is 6. The maximum absolute atomic E-state index is 13.0. The van der Waals surface area contributed by atoms with Gasteiger partial charge in [-0.3, -0.25) is 9.59 Å². The number of ether oxygens (including phenoxy) is 1. The van der Waals surface area contributed by atoms with Gasteiger partial charge in [0.05, 0.1) is 22.3 Å². The van der Waals surface area contributed by atoms with Crippen molar-refractivity contribution in [1.82, 2.24) is 4.90 Å². The molecule has 0 aromatic heterocycles. The number of carbonyl (C=O) groups is 2. The van der Waals surface area contributed by atoms with Crippen LogP contribution in [-0.2, 0) is 15.8 Å². The van der Waals surface area contributed by atoms with Gasteiger partial charge >= 0.3 is 6.18 Å². The SMILES string of the molecule is CN(CC(=O)Nc1ccccc1C(F)(F)F)C(=O)COc1ccc(F)cc1Br. The number of nitrogens with one attached hydrogen (secondary N) is 1. The second-order valence-corrected chi connectivity index (χ2v) is 6.56. The highest BCUT2D eigenvalue weighted by Crippen LogP contribution is 2.34. The molecule has 0 spiro atoms. The molecule has 0 aliphatic rings. The molecule has 2 rings (SSSR count). The number of alkyl halides is 3. The van der Waals surface area contributed by atoms with Crippen LogP contribution >= 0.6 is 15.9 Å². The smallest absolute Gasteiger partial charge is 0.418 e. The van der Waals surface area contributed by atoms with Crippen molar-refractivity contribution in [2.75, 3.05) is 25.5 Å². The van der Waals surface area contributed by atoms with E-state index in [0.29, 0.717) is 4.47 Å². The Morgan fingerprint density at radius 1 is 1.18 bits per heavy atom. The first kappa shape index (κ1) is 21.7. The van der Waals surface area contributed by atoms with Crippen molar-refractivity contribution in [3.05, 3.63) is 58.3 Å². The van der Waals surface area contributed by atoms with Gasteiger partial charge in [0.1, 0.15) is 11.6 Å². The fourth-order valence-corrected chi connectivity index (χ4v) is 2.64. The zero-order valence-corrected chi connectivity index (χ0v) is 16.1. The molecule has 0 bridgehead atoms. The highest BCUT2D eigenvalue weighted by atomic mass is 79.9. The number of benzene rings is 2. The number of anilines is 1. The molecule has 0 aliphatic heterocycles. The summed E-state index contributed by atoms with van der Waals surface area (Å²) in [5, 5.41) is 2.15. The molecule has 0 atom stereocenters. The first-order valence-corrected chi connectivity index (χ1v) is 8.65. The van der Waals surface area contributed by atoms with Crippen LogP contribution in [0.3, 0.4) is 0 Å². The molecule has 0 saturated carbocycles. The number of para-hydroxylation sites is 1. The van der Waals surface area contributed by atoms with Crippen molar-refractivity contribution in [3.8, 4) is 5.75 Å². The van der Waals surface area contributed by atoms with Gasteiger partial charge in [-0.1, -0.05) is 12.1 Å². The summed E-state index contributed by atoms with van der Waals surface area (Å²) < 4.78 is 57.4. The molecule has 28 heavy (non-hydrogen) atoms. The van der Waals surface area contributed by atoms with Crippen LogP contribution < -0.4 is 10.1 Å². The van der Waals surface area contributed by atoms with Crippen LogP contribution in [0.4, 0.5) is 23.2 Å². The normalized spacial score (nSPS) is 11.1. The molecule has 5 nitrogen and oxygen atoms in total. The molecule has 150 valence electrons. The Morgan fingerprint density at radius 3 is 2.50 bits per heavy atom. The number of nitrogens with zero attached hydrogens (tertiary/aromatic N) is 1. The van der Waals surface area contributed by atoms with Gasteiger partial charge in [0.2, 0.25) is 5.91 Å². The van der Waals surface area contributed by atoms with Crippen LogP contribution in [0.1, 0.15) is 5.56 Å². The van der Waals surface area contributed by atoms with Gasteiger partial charge in [-0.05, 0) is 46.3 Å². The Hall–Kier alpha value is -2.62. The molecule has 0 fully saturated rings. The monoisotopic (exact) mass is 462 g/mol. The van der Waals surface area contributed by atoms with Crippen molar-refractivity contribution in [1.29, 1.82) is 0 Å². The van der Waals surface area contributed by atoms with Gasteiger partial charge < -0.3 is 15.0 Å². The predicted molar refractivity (Wildman–Crippen MR) is 97.3 cm³/mol. The van der Waals surface area contributed by atoms with Crippen LogP contribution in [0, 0.1) is 5.82 Å². The Balaban J connectivity index is 1.92. The molecule has 1 N–H and O–H groups in total. The van der Waals surface area contributed by atoms with E-state index in [1.165, 1.54) is 25.2 Å². The molecule has 0 radical (unpaired) electrons. The van der Waals surface area contributed by atoms with E-state index in [1.807, 2.05) is 0 Å². The van der Waals surface area contributed by atoms with Crippen molar-refractivity contribution < 1.29 is 31.9 Å². The summed E-state index contributed by atoms with van der Waals surface area (Å²) in [5.74, 6) is -1.64. The average molecular weight is 463 g/mol. The second kappa shape index (κ2) is 9.05. The Morgan fingerprint density at radius 2 is 1.86 bits per heavy atom. The molecular formula is C18H15BrF4N2O3. The average Bonchev–Trinajstić information content (AvgIpc) is 2.60. The van der Waals surface area contributed by atoms with E-state index in [-0.39, 0.29) is 5.75 Å². The number of likely N-dealkylation sites (N-methyl/N-ethyl adjacent to an activating group) is 1. The number of hydrogen-bond acceptors (Lipinski definition) is 3. The zero-order chi connectivity index (χ0) is 20.9. The topological polar surface area (TPSA) is 58.6 Å². The fourth-order valence-electron chi connectivity index (χ4n) is 2.17. The third kappa shape index (κ3) is 5.95. The second-order valence-electron chi connectivity index (χ2n) is 5.70. The molecular weight excluding hydrogens is 448 g/mol. The molecule has 2 aromatic rings. The molecule has 0 heterocycles. The Kier molecular flexibility index (Phi) is 7.00. The lowest BCUT2D eigenvalue weighted by Gasteiger charge is -2.18. The standard InChI is InChI=1S/C18H15BrF4N2O3/c1-25(17(27)10-28-15-7-6-11(20)8-13(15)19)9-16(26)24-14-5-3-2-4-12(14)18(21,22)23/h2-8H,9-10H2,1H3,(H,24,26). The maximum Gasteiger partial charge on any atom is 0.418 e. The summed E-state index contributed by atoms with van der Waals surface area (Å²) in [7, 11) is 1.31. The molecule has 10 heteroatoms. The fraction of sp³-hybridized carbons (Fsp3) is 0.222. The van der Waals surface area contributed by atoms with Crippen LogP contribution in [0.2, 0.25) is 0 Å². The first-order chi connectivity index (χ1) is 13.1. The van der Waals surface area contributed by atoms with Gasteiger partial charge in [-0.2, -0.15) is 13.2 Å². The van der Waals surface area contributed by atoms with Crippen LogP contribution in [0.15, 0.2) is 46.9 Å².